The summed E-state index contributed by atoms with van der Waals surface area (Å²) in [5, 5.41) is 24.0. The number of phenolic OH excluding ortho intramolecular Hbond substituents is 2. The summed E-state index contributed by atoms with van der Waals surface area (Å²) >= 11 is 0. The van der Waals surface area contributed by atoms with Crippen LogP contribution in [0.25, 0.3) is 22.6 Å². The number of carbonyl (C=O) groups is 1. The standard InChI is InChI=1S/C31H32N2O5/c1-2-21-20-25(35)12-15-27(21)29-28(31(38-32-29)23-6-10-24(34)11-7-23)30(36)22-8-13-26(14-9-22)37-19-18-33-16-4-3-5-17-33/h6-15,20,34-35H,2-5,16-19H2,1H3. The van der Waals surface area contributed by atoms with Crippen molar-refractivity contribution in [3.05, 3.63) is 83.4 Å². The molecule has 1 aliphatic rings. The number of likely N-dealkylation sites (tertiary alicyclic amines) is 1. The molecule has 1 aliphatic heterocycles. The van der Waals surface area contributed by atoms with Crippen molar-refractivity contribution in [2.75, 3.05) is 26.2 Å². The molecule has 0 atom stereocenters. The van der Waals surface area contributed by atoms with Crippen molar-refractivity contribution in [2.45, 2.75) is 32.6 Å². The SMILES string of the molecule is CCc1cc(O)ccc1-c1noc(-c2ccc(O)cc2)c1C(=O)c1ccc(OCCN2CCCCC2)cc1. The van der Waals surface area contributed by atoms with Crippen LogP contribution in [0.3, 0.4) is 0 Å². The molecule has 0 unspecified atom stereocenters. The zero-order valence-electron chi connectivity index (χ0n) is 21.5. The minimum absolute atomic E-state index is 0.115. The summed E-state index contributed by atoms with van der Waals surface area (Å²) in [6.07, 6.45) is 4.44. The van der Waals surface area contributed by atoms with Crippen molar-refractivity contribution in [3.8, 4) is 39.8 Å². The molecule has 7 nitrogen and oxygen atoms in total. The van der Waals surface area contributed by atoms with E-state index in [1.165, 1.54) is 19.3 Å². The maximum atomic E-state index is 13.9. The molecule has 0 radical (unpaired) electrons. The van der Waals surface area contributed by atoms with E-state index in [0.717, 1.165) is 36.5 Å². The number of ketones is 1. The van der Waals surface area contributed by atoms with E-state index in [-0.39, 0.29) is 17.3 Å². The Morgan fingerprint density at radius 2 is 1.66 bits per heavy atom. The Balaban J connectivity index is 1.44. The predicted molar refractivity (Wildman–Crippen MR) is 146 cm³/mol. The molecule has 1 saturated heterocycles. The van der Waals surface area contributed by atoms with Gasteiger partial charge < -0.3 is 19.5 Å². The molecule has 196 valence electrons. The van der Waals surface area contributed by atoms with Gasteiger partial charge in [-0.15, -0.1) is 0 Å². The molecule has 4 aromatic rings. The number of benzene rings is 3. The number of aromatic nitrogens is 1. The minimum Gasteiger partial charge on any atom is -0.508 e. The number of carbonyl (C=O) groups excluding carboxylic acids is 1. The Morgan fingerprint density at radius 3 is 2.37 bits per heavy atom. The zero-order chi connectivity index (χ0) is 26.5. The molecule has 5 rings (SSSR count). The lowest BCUT2D eigenvalue weighted by molar-refractivity contribution is 0.103. The number of rotatable bonds is 9. The van der Waals surface area contributed by atoms with Gasteiger partial charge in [0.15, 0.2) is 11.5 Å². The second kappa shape index (κ2) is 11.5. The molecule has 3 aromatic carbocycles. The molecule has 0 amide bonds. The molecule has 0 spiro atoms. The topological polar surface area (TPSA) is 96.0 Å². The Bertz CT molecular complexity index is 1390. The number of hydrogen-bond acceptors (Lipinski definition) is 7. The predicted octanol–water partition coefficient (Wildman–Crippen LogP) is 6.08. The van der Waals surface area contributed by atoms with Gasteiger partial charge in [0.2, 0.25) is 0 Å². The van der Waals surface area contributed by atoms with Crippen LogP contribution in [-0.2, 0) is 6.42 Å². The van der Waals surface area contributed by atoms with Gasteiger partial charge in [0.05, 0.1) is 5.56 Å². The number of aryl methyl sites for hydroxylation is 1. The number of ether oxygens (including phenoxy) is 1. The van der Waals surface area contributed by atoms with Crippen LogP contribution < -0.4 is 4.74 Å². The largest absolute Gasteiger partial charge is 0.508 e. The van der Waals surface area contributed by atoms with Crippen molar-refractivity contribution >= 4 is 5.78 Å². The summed E-state index contributed by atoms with van der Waals surface area (Å²) in [6, 6.07) is 18.6. The van der Waals surface area contributed by atoms with E-state index < -0.39 is 0 Å². The zero-order valence-corrected chi connectivity index (χ0v) is 21.5. The van der Waals surface area contributed by atoms with Gasteiger partial charge in [0.1, 0.15) is 29.5 Å². The number of hydrogen-bond donors (Lipinski definition) is 2. The van der Waals surface area contributed by atoms with Crippen LogP contribution >= 0.6 is 0 Å². The van der Waals surface area contributed by atoms with Crippen molar-refractivity contribution in [3.63, 3.8) is 0 Å². The van der Waals surface area contributed by atoms with Gasteiger partial charge in [-0.3, -0.25) is 9.69 Å². The molecule has 2 N–H and O–H groups in total. The number of phenols is 2. The Morgan fingerprint density at radius 1 is 0.947 bits per heavy atom. The van der Waals surface area contributed by atoms with Gasteiger partial charge in [-0.25, -0.2) is 0 Å². The first kappa shape index (κ1) is 25.5. The Hall–Kier alpha value is -4.10. The first-order valence-corrected chi connectivity index (χ1v) is 13.1. The average Bonchev–Trinajstić information content (AvgIpc) is 3.39. The van der Waals surface area contributed by atoms with Crippen molar-refractivity contribution in [2.24, 2.45) is 0 Å². The lowest BCUT2D eigenvalue weighted by Crippen LogP contribution is -2.33. The Kier molecular flexibility index (Phi) is 7.75. The van der Waals surface area contributed by atoms with Crippen LogP contribution in [0.1, 0.15) is 47.7 Å². The Labute approximate surface area is 222 Å². The van der Waals surface area contributed by atoms with E-state index in [4.69, 9.17) is 9.26 Å². The molecule has 1 aromatic heterocycles. The van der Waals surface area contributed by atoms with Gasteiger partial charge in [0, 0.05) is 23.2 Å². The monoisotopic (exact) mass is 512 g/mol. The lowest BCUT2D eigenvalue weighted by atomic mass is 9.93. The summed E-state index contributed by atoms with van der Waals surface area (Å²) in [4.78, 5) is 16.3. The molecule has 0 saturated carbocycles. The normalized spacial score (nSPS) is 13.9. The molecule has 38 heavy (non-hydrogen) atoms. The first-order valence-electron chi connectivity index (χ1n) is 13.1. The van der Waals surface area contributed by atoms with Crippen molar-refractivity contribution in [1.82, 2.24) is 10.1 Å². The third-order valence-corrected chi connectivity index (χ3v) is 7.01. The number of aromatic hydroxyl groups is 2. The summed E-state index contributed by atoms with van der Waals surface area (Å²) in [5.41, 5.74) is 3.42. The number of piperidine rings is 1. The fourth-order valence-electron chi connectivity index (χ4n) is 4.92. The molecule has 1 fully saturated rings. The molecular weight excluding hydrogens is 480 g/mol. The van der Waals surface area contributed by atoms with Gasteiger partial charge in [-0.05, 0) is 105 Å². The molecular formula is C31H32N2O5. The van der Waals surface area contributed by atoms with E-state index in [0.29, 0.717) is 41.2 Å². The van der Waals surface area contributed by atoms with Crippen LogP contribution in [-0.4, -0.2) is 52.3 Å². The lowest BCUT2D eigenvalue weighted by Gasteiger charge is -2.26. The highest BCUT2D eigenvalue weighted by Gasteiger charge is 2.27. The third-order valence-electron chi connectivity index (χ3n) is 7.01. The molecule has 7 heteroatoms. The van der Waals surface area contributed by atoms with E-state index in [9.17, 15) is 15.0 Å². The average molecular weight is 513 g/mol. The first-order chi connectivity index (χ1) is 18.5. The van der Waals surface area contributed by atoms with Crippen LogP contribution in [0.4, 0.5) is 0 Å². The minimum atomic E-state index is -0.237. The maximum absolute atomic E-state index is 13.9. The molecule has 2 heterocycles. The van der Waals surface area contributed by atoms with Crippen molar-refractivity contribution < 1.29 is 24.3 Å². The summed E-state index contributed by atoms with van der Waals surface area (Å²) in [6.45, 7) is 5.73. The van der Waals surface area contributed by atoms with E-state index in [1.54, 1.807) is 54.6 Å². The van der Waals surface area contributed by atoms with E-state index >= 15 is 0 Å². The van der Waals surface area contributed by atoms with Crippen LogP contribution in [0.15, 0.2) is 71.3 Å². The van der Waals surface area contributed by atoms with Crippen molar-refractivity contribution in [1.29, 1.82) is 0 Å². The van der Waals surface area contributed by atoms with Crippen LogP contribution in [0.2, 0.25) is 0 Å². The third kappa shape index (κ3) is 5.58. The van der Waals surface area contributed by atoms with E-state index in [2.05, 4.69) is 10.1 Å². The highest BCUT2D eigenvalue weighted by atomic mass is 16.5. The highest BCUT2D eigenvalue weighted by Crippen LogP contribution is 2.37. The van der Waals surface area contributed by atoms with Crippen LogP contribution in [0.5, 0.6) is 17.2 Å². The van der Waals surface area contributed by atoms with Gasteiger partial charge in [-0.1, -0.05) is 18.5 Å². The number of nitrogens with zero attached hydrogens (tertiary/aromatic N) is 2. The van der Waals surface area contributed by atoms with Crippen LogP contribution in [0, 0.1) is 0 Å². The summed E-state index contributed by atoms with van der Waals surface area (Å²) in [5.74, 6) is 1.07. The molecule has 0 bridgehead atoms. The fourth-order valence-corrected chi connectivity index (χ4v) is 4.92. The van der Waals surface area contributed by atoms with E-state index in [1.807, 2.05) is 19.1 Å². The quantitative estimate of drug-likeness (QED) is 0.263. The van der Waals surface area contributed by atoms with Gasteiger partial charge in [0.25, 0.3) is 0 Å². The summed E-state index contributed by atoms with van der Waals surface area (Å²) < 4.78 is 11.7. The fraction of sp³-hybridized carbons (Fsp3) is 0.290. The smallest absolute Gasteiger partial charge is 0.199 e. The second-order valence-electron chi connectivity index (χ2n) is 9.58. The second-order valence-corrected chi connectivity index (χ2v) is 9.58. The summed E-state index contributed by atoms with van der Waals surface area (Å²) in [7, 11) is 0. The van der Waals surface area contributed by atoms with Gasteiger partial charge in [-0.2, -0.15) is 0 Å². The van der Waals surface area contributed by atoms with Gasteiger partial charge >= 0.3 is 0 Å². The highest BCUT2D eigenvalue weighted by molar-refractivity contribution is 6.15. The maximum Gasteiger partial charge on any atom is 0.199 e. The molecule has 0 aliphatic carbocycles.